The van der Waals surface area contributed by atoms with Gasteiger partial charge in [0.25, 0.3) is 10.1 Å². The standard InChI is InChI=1S/C10H9NO2.CH4O3S/c1-13-10(12)8-3-2-7-4-5-11-9(7)6-8;1-5(2,3)4/h2-6,11H,1H3;1H3,(H,2,3,4). The SMILES string of the molecule is COC(=O)c1ccc2cc[nH]c2c1.CS(=O)(=O)O. The van der Waals surface area contributed by atoms with Gasteiger partial charge in [-0.05, 0) is 23.6 Å². The Bertz CT molecular complexity index is 636. The van der Waals surface area contributed by atoms with E-state index in [1.54, 1.807) is 12.1 Å². The summed E-state index contributed by atoms with van der Waals surface area (Å²) in [6.07, 6.45) is 2.55. The fraction of sp³-hybridized carbons (Fsp3) is 0.182. The molecule has 0 amide bonds. The van der Waals surface area contributed by atoms with Crippen LogP contribution in [0.25, 0.3) is 10.9 Å². The molecule has 0 aliphatic carbocycles. The summed E-state index contributed by atoms with van der Waals surface area (Å²) in [6, 6.07) is 7.37. The number of fused-ring (bicyclic) bond motifs is 1. The molecule has 0 fully saturated rings. The van der Waals surface area contributed by atoms with E-state index >= 15 is 0 Å². The monoisotopic (exact) mass is 271 g/mol. The maximum Gasteiger partial charge on any atom is 0.337 e. The molecule has 1 heterocycles. The molecular weight excluding hydrogens is 258 g/mol. The number of aromatic amines is 1. The number of hydrogen-bond donors (Lipinski definition) is 2. The molecule has 7 heteroatoms. The Hall–Kier alpha value is -1.86. The van der Waals surface area contributed by atoms with Gasteiger partial charge in [0.1, 0.15) is 0 Å². The number of nitrogens with one attached hydrogen (secondary N) is 1. The number of ether oxygens (including phenoxy) is 1. The molecule has 0 atom stereocenters. The van der Waals surface area contributed by atoms with Crippen molar-refractivity contribution in [3.05, 3.63) is 36.0 Å². The van der Waals surface area contributed by atoms with Crippen LogP contribution in [0, 0.1) is 0 Å². The van der Waals surface area contributed by atoms with E-state index < -0.39 is 10.1 Å². The van der Waals surface area contributed by atoms with Gasteiger partial charge in [-0.15, -0.1) is 0 Å². The van der Waals surface area contributed by atoms with Crippen molar-refractivity contribution >= 4 is 27.0 Å². The van der Waals surface area contributed by atoms with Crippen LogP contribution in [0.2, 0.25) is 0 Å². The topological polar surface area (TPSA) is 96.5 Å². The number of hydrogen-bond acceptors (Lipinski definition) is 4. The summed E-state index contributed by atoms with van der Waals surface area (Å²) in [4.78, 5) is 14.2. The van der Waals surface area contributed by atoms with Crippen LogP contribution in [0.3, 0.4) is 0 Å². The quantitative estimate of drug-likeness (QED) is 0.604. The van der Waals surface area contributed by atoms with Crippen molar-refractivity contribution in [1.29, 1.82) is 0 Å². The fourth-order valence-corrected chi connectivity index (χ4v) is 1.29. The van der Waals surface area contributed by atoms with Crippen molar-refractivity contribution in [2.24, 2.45) is 0 Å². The Labute approximate surface area is 104 Å². The summed E-state index contributed by atoms with van der Waals surface area (Å²) in [5, 5.41) is 1.09. The minimum Gasteiger partial charge on any atom is -0.465 e. The third-order valence-corrected chi connectivity index (χ3v) is 1.98. The first-order valence-electron chi connectivity index (χ1n) is 4.89. The van der Waals surface area contributed by atoms with Gasteiger partial charge in [-0.1, -0.05) is 6.07 Å². The normalized spacial score (nSPS) is 10.6. The summed E-state index contributed by atoms with van der Waals surface area (Å²) in [6.45, 7) is 0. The van der Waals surface area contributed by atoms with E-state index in [9.17, 15) is 13.2 Å². The van der Waals surface area contributed by atoms with Crippen molar-refractivity contribution in [1.82, 2.24) is 4.98 Å². The molecule has 0 radical (unpaired) electrons. The molecular formula is C11H13NO5S. The Morgan fingerprint density at radius 1 is 1.33 bits per heavy atom. The van der Waals surface area contributed by atoms with E-state index in [1.807, 2.05) is 18.3 Å². The van der Waals surface area contributed by atoms with Gasteiger partial charge in [-0.3, -0.25) is 4.55 Å². The van der Waals surface area contributed by atoms with E-state index in [2.05, 4.69) is 9.72 Å². The lowest BCUT2D eigenvalue weighted by Gasteiger charge is -1.98. The third kappa shape index (κ3) is 4.56. The Morgan fingerprint density at radius 2 is 1.94 bits per heavy atom. The molecule has 1 aromatic heterocycles. The molecule has 98 valence electrons. The maximum atomic E-state index is 11.1. The number of benzene rings is 1. The third-order valence-electron chi connectivity index (χ3n) is 1.98. The largest absolute Gasteiger partial charge is 0.465 e. The molecule has 1 aromatic carbocycles. The van der Waals surface area contributed by atoms with Gasteiger partial charge in [0.15, 0.2) is 0 Å². The van der Waals surface area contributed by atoms with E-state index in [-0.39, 0.29) is 5.97 Å². The second-order valence-corrected chi connectivity index (χ2v) is 4.97. The van der Waals surface area contributed by atoms with Crippen molar-refractivity contribution in [2.75, 3.05) is 13.4 Å². The summed E-state index contributed by atoms with van der Waals surface area (Å²) < 4.78 is 30.5. The molecule has 0 aliphatic heterocycles. The first-order chi connectivity index (χ1) is 8.31. The average molecular weight is 271 g/mol. The Balaban J connectivity index is 0.000000280. The van der Waals surface area contributed by atoms with Crippen LogP contribution in [0.1, 0.15) is 10.4 Å². The van der Waals surface area contributed by atoms with Crippen molar-refractivity contribution in [2.45, 2.75) is 0 Å². The van der Waals surface area contributed by atoms with Gasteiger partial charge in [0.2, 0.25) is 0 Å². The van der Waals surface area contributed by atoms with Crippen LogP contribution in [0.4, 0.5) is 0 Å². The van der Waals surface area contributed by atoms with Gasteiger partial charge in [-0.25, -0.2) is 4.79 Å². The zero-order chi connectivity index (χ0) is 13.8. The number of carbonyl (C=O) groups excluding carboxylic acids is 1. The van der Waals surface area contributed by atoms with Crippen LogP contribution in [-0.4, -0.2) is 37.3 Å². The molecule has 0 aliphatic rings. The Kier molecular flexibility index (Phi) is 4.46. The molecule has 0 spiro atoms. The van der Waals surface area contributed by atoms with Crippen LogP contribution < -0.4 is 0 Å². The van der Waals surface area contributed by atoms with E-state index in [0.717, 1.165) is 10.9 Å². The average Bonchev–Trinajstić information content (AvgIpc) is 2.72. The lowest BCUT2D eigenvalue weighted by Crippen LogP contribution is -2.00. The second kappa shape index (κ2) is 5.65. The van der Waals surface area contributed by atoms with Gasteiger partial charge < -0.3 is 9.72 Å². The summed E-state index contributed by atoms with van der Waals surface area (Å²) >= 11 is 0. The zero-order valence-electron chi connectivity index (χ0n) is 9.88. The van der Waals surface area contributed by atoms with Gasteiger partial charge >= 0.3 is 5.97 Å². The molecule has 0 bridgehead atoms. The smallest absolute Gasteiger partial charge is 0.337 e. The molecule has 2 rings (SSSR count). The Morgan fingerprint density at radius 3 is 2.50 bits per heavy atom. The molecule has 0 saturated heterocycles. The molecule has 2 aromatic rings. The fourth-order valence-electron chi connectivity index (χ4n) is 1.29. The molecule has 2 N–H and O–H groups in total. The highest BCUT2D eigenvalue weighted by atomic mass is 32.2. The zero-order valence-corrected chi connectivity index (χ0v) is 10.7. The summed E-state index contributed by atoms with van der Waals surface area (Å²) in [7, 11) is -2.29. The number of carbonyl (C=O) groups is 1. The highest BCUT2D eigenvalue weighted by Crippen LogP contribution is 2.14. The first-order valence-corrected chi connectivity index (χ1v) is 6.74. The molecule has 6 nitrogen and oxygen atoms in total. The van der Waals surface area contributed by atoms with Crippen molar-refractivity contribution in [3.8, 4) is 0 Å². The number of aromatic nitrogens is 1. The first kappa shape index (κ1) is 14.2. The highest BCUT2D eigenvalue weighted by Gasteiger charge is 2.05. The van der Waals surface area contributed by atoms with Crippen molar-refractivity contribution in [3.63, 3.8) is 0 Å². The summed E-state index contributed by atoms with van der Waals surface area (Å²) in [5.74, 6) is -0.309. The predicted octanol–water partition coefficient (Wildman–Crippen LogP) is 1.46. The second-order valence-electron chi connectivity index (χ2n) is 3.50. The van der Waals surface area contributed by atoms with Gasteiger partial charge in [-0.2, -0.15) is 8.42 Å². The van der Waals surface area contributed by atoms with Crippen LogP contribution in [0.15, 0.2) is 30.5 Å². The minimum absolute atomic E-state index is 0.309. The number of esters is 1. The van der Waals surface area contributed by atoms with Crippen molar-refractivity contribution < 1.29 is 22.5 Å². The highest BCUT2D eigenvalue weighted by molar-refractivity contribution is 7.85. The van der Waals surface area contributed by atoms with Crippen LogP contribution in [0.5, 0.6) is 0 Å². The lowest BCUT2D eigenvalue weighted by molar-refractivity contribution is 0.0601. The molecule has 0 saturated carbocycles. The lowest BCUT2D eigenvalue weighted by atomic mass is 10.2. The predicted molar refractivity (Wildman–Crippen MR) is 67.1 cm³/mol. The summed E-state index contributed by atoms with van der Waals surface area (Å²) in [5.41, 5.74) is 1.51. The number of methoxy groups -OCH3 is 1. The molecule has 0 unspecified atom stereocenters. The number of rotatable bonds is 1. The minimum atomic E-state index is -3.67. The van der Waals surface area contributed by atoms with Crippen LogP contribution in [-0.2, 0) is 14.9 Å². The van der Waals surface area contributed by atoms with Gasteiger partial charge in [0.05, 0.1) is 18.9 Å². The van der Waals surface area contributed by atoms with E-state index in [0.29, 0.717) is 11.8 Å². The maximum absolute atomic E-state index is 11.1. The molecule has 18 heavy (non-hydrogen) atoms. The van der Waals surface area contributed by atoms with Crippen LogP contribution >= 0.6 is 0 Å². The van der Waals surface area contributed by atoms with E-state index in [1.165, 1.54) is 7.11 Å². The van der Waals surface area contributed by atoms with Gasteiger partial charge in [0, 0.05) is 11.7 Å². The number of H-pyrrole nitrogens is 1. The van der Waals surface area contributed by atoms with E-state index in [4.69, 9.17) is 4.55 Å².